The third-order valence-corrected chi connectivity index (χ3v) is 4.59. The van der Waals surface area contributed by atoms with E-state index in [1.54, 1.807) is 7.11 Å². The van der Waals surface area contributed by atoms with Crippen LogP contribution in [0.25, 0.3) is 0 Å². The van der Waals surface area contributed by atoms with E-state index >= 15 is 0 Å². The van der Waals surface area contributed by atoms with E-state index in [2.05, 4.69) is 11.8 Å². The van der Waals surface area contributed by atoms with Crippen LogP contribution in [0.5, 0.6) is 0 Å². The molecular weight excluding hydrogens is 214 g/mol. The largest absolute Gasteiger partial charge is 0.393 e. The fourth-order valence-corrected chi connectivity index (χ4v) is 3.74. The fraction of sp³-hybridized carbons (Fsp3) is 1.00. The first-order chi connectivity index (χ1) is 8.24. The lowest BCUT2D eigenvalue weighted by Crippen LogP contribution is -2.51. The normalized spacial score (nSPS) is 37.2. The summed E-state index contributed by atoms with van der Waals surface area (Å²) in [6.07, 6.45) is 7.24. The van der Waals surface area contributed by atoms with Gasteiger partial charge in [-0.1, -0.05) is 12.8 Å². The van der Waals surface area contributed by atoms with Crippen molar-refractivity contribution in [2.24, 2.45) is 5.92 Å². The van der Waals surface area contributed by atoms with E-state index in [1.807, 2.05) is 0 Å². The third kappa shape index (κ3) is 3.01. The zero-order chi connectivity index (χ0) is 12.3. The lowest BCUT2D eigenvalue weighted by Gasteiger charge is -2.43. The highest BCUT2D eigenvalue weighted by Gasteiger charge is 2.38. The third-order valence-electron chi connectivity index (χ3n) is 4.59. The molecule has 3 nitrogen and oxygen atoms in total. The highest BCUT2D eigenvalue weighted by atomic mass is 16.5. The molecule has 2 rings (SSSR count). The molecule has 0 aromatic carbocycles. The average Bonchev–Trinajstić information content (AvgIpc) is 2.76. The Bertz CT molecular complexity index is 234. The Morgan fingerprint density at radius 2 is 2.06 bits per heavy atom. The monoisotopic (exact) mass is 241 g/mol. The van der Waals surface area contributed by atoms with Gasteiger partial charge in [0.15, 0.2) is 0 Å². The Morgan fingerprint density at radius 1 is 1.24 bits per heavy atom. The van der Waals surface area contributed by atoms with Crippen molar-refractivity contribution < 1.29 is 9.84 Å². The molecule has 100 valence electrons. The van der Waals surface area contributed by atoms with Crippen molar-refractivity contribution in [1.82, 2.24) is 4.90 Å². The summed E-state index contributed by atoms with van der Waals surface area (Å²) in [6.45, 7) is 4.24. The first-order valence-electron chi connectivity index (χ1n) is 7.16. The van der Waals surface area contributed by atoms with E-state index in [-0.39, 0.29) is 6.10 Å². The molecule has 2 aliphatic rings. The second-order valence-electron chi connectivity index (χ2n) is 5.77. The number of methoxy groups -OCH3 is 1. The number of likely N-dealkylation sites (tertiary alicyclic amines) is 1. The second kappa shape index (κ2) is 6.17. The lowest BCUT2D eigenvalue weighted by atomic mass is 9.87. The Labute approximate surface area is 105 Å². The van der Waals surface area contributed by atoms with Gasteiger partial charge in [-0.05, 0) is 39.2 Å². The first kappa shape index (κ1) is 13.3. The smallest absolute Gasteiger partial charge is 0.0615 e. The minimum atomic E-state index is -0.0599. The number of ether oxygens (including phenoxy) is 1. The highest BCUT2D eigenvalue weighted by Crippen LogP contribution is 2.35. The van der Waals surface area contributed by atoms with Gasteiger partial charge in [0.05, 0.1) is 12.7 Å². The Morgan fingerprint density at radius 3 is 2.71 bits per heavy atom. The van der Waals surface area contributed by atoms with Gasteiger partial charge in [0.1, 0.15) is 0 Å². The van der Waals surface area contributed by atoms with E-state index in [0.29, 0.717) is 18.0 Å². The predicted molar refractivity (Wildman–Crippen MR) is 69.0 cm³/mol. The summed E-state index contributed by atoms with van der Waals surface area (Å²) in [5, 5.41) is 10.1. The number of hydrogen-bond donors (Lipinski definition) is 1. The molecule has 2 fully saturated rings. The fourth-order valence-electron chi connectivity index (χ4n) is 3.74. The molecule has 3 heteroatoms. The zero-order valence-corrected chi connectivity index (χ0v) is 11.3. The van der Waals surface area contributed by atoms with Gasteiger partial charge in [0.25, 0.3) is 0 Å². The van der Waals surface area contributed by atoms with Gasteiger partial charge in [-0.25, -0.2) is 0 Å². The van der Waals surface area contributed by atoms with Crippen LogP contribution in [0.15, 0.2) is 0 Å². The number of piperidine rings is 1. The summed E-state index contributed by atoms with van der Waals surface area (Å²) in [5.41, 5.74) is 0. The standard InChI is InChI=1S/C14H27NO2/c1-11(10-17-2)15-9-4-3-7-13(15)12-6-5-8-14(12)16/h11-14,16H,3-10H2,1-2H3. The highest BCUT2D eigenvalue weighted by molar-refractivity contribution is 4.91. The molecule has 4 atom stereocenters. The quantitative estimate of drug-likeness (QED) is 0.817. The molecule has 4 unspecified atom stereocenters. The van der Waals surface area contributed by atoms with Gasteiger partial charge < -0.3 is 9.84 Å². The van der Waals surface area contributed by atoms with Crippen LogP contribution in [0.1, 0.15) is 45.4 Å². The SMILES string of the molecule is COCC(C)N1CCCCC1C1CCCC1O. The van der Waals surface area contributed by atoms with Crippen LogP contribution < -0.4 is 0 Å². The summed E-state index contributed by atoms with van der Waals surface area (Å²) >= 11 is 0. The molecule has 1 saturated carbocycles. The van der Waals surface area contributed by atoms with E-state index < -0.39 is 0 Å². The summed E-state index contributed by atoms with van der Waals surface area (Å²) in [4.78, 5) is 2.59. The lowest BCUT2D eigenvalue weighted by molar-refractivity contribution is -0.00499. The van der Waals surface area contributed by atoms with Crippen LogP contribution in [0.4, 0.5) is 0 Å². The molecular formula is C14H27NO2. The van der Waals surface area contributed by atoms with Crippen LogP contribution in [-0.4, -0.2) is 48.5 Å². The van der Waals surface area contributed by atoms with Crippen molar-refractivity contribution in [2.75, 3.05) is 20.3 Å². The summed E-state index contributed by atoms with van der Waals surface area (Å²) in [5.74, 6) is 0.509. The van der Waals surface area contributed by atoms with Crippen molar-refractivity contribution in [2.45, 2.75) is 63.6 Å². The molecule has 17 heavy (non-hydrogen) atoms. The van der Waals surface area contributed by atoms with Crippen LogP contribution in [0.3, 0.4) is 0 Å². The minimum absolute atomic E-state index is 0.0599. The number of nitrogens with zero attached hydrogens (tertiary/aromatic N) is 1. The molecule has 0 aromatic rings. The van der Waals surface area contributed by atoms with Crippen LogP contribution in [-0.2, 0) is 4.74 Å². The molecule has 0 bridgehead atoms. The van der Waals surface area contributed by atoms with E-state index in [0.717, 1.165) is 13.0 Å². The van der Waals surface area contributed by atoms with Crippen LogP contribution in [0.2, 0.25) is 0 Å². The van der Waals surface area contributed by atoms with Crippen LogP contribution >= 0.6 is 0 Å². The molecule has 1 saturated heterocycles. The minimum Gasteiger partial charge on any atom is -0.393 e. The number of aliphatic hydroxyl groups is 1. The molecule has 1 heterocycles. The predicted octanol–water partition coefficient (Wildman–Crippen LogP) is 2.04. The second-order valence-corrected chi connectivity index (χ2v) is 5.77. The van der Waals surface area contributed by atoms with E-state index in [9.17, 15) is 5.11 Å². The zero-order valence-electron chi connectivity index (χ0n) is 11.3. The molecule has 0 spiro atoms. The number of rotatable bonds is 4. The van der Waals surface area contributed by atoms with Crippen molar-refractivity contribution >= 4 is 0 Å². The maximum absolute atomic E-state index is 10.1. The Balaban J connectivity index is 2.00. The summed E-state index contributed by atoms with van der Waals surface area (Å²) in [7, 11) is 1.78. The van der Waals surface area contributed by atoms with Gasteiger partial charge in [0.2, 0.25) is 0 Å². The van der Waals surface area contributed by atoms with Crippen LogP contribution in [0, 0.1) is 5.92 Å². The van der Waals surface area contributed by atoms with E-state index in [4.69, 9.17) is 4.74 Å². The van der Waals surface area contributed by atoms with Gasteiger partial charge in [-0.2, -0.15) is 0 Å². The maximum atomic E-state index is 10.1. The molecule has 0 amide bonds. The summed E-state index contributed by atoms with van der Waals surface area (Å²) in [6, 6.07) is 1.07. The number of hydrogen-bond acceptors (Lipinski definition) is 3. The van der Waals surface area contributed by atoms with Gasteiger partial charge in [-0.3, -0.25) is 4.90 Å². The van der Waals surface area contributed by atoms with Crippen molar-refractivity contribution in [3.05, 3.63) is 0 Å². The molecule has 1 aliphatic carbocycles. The van der Waals surface area contributed by atoms with Gasteiger partial charge >= 0.3 is 0 Å². The molecule has 1 aliphatic heterocycles. The van der Waals surface area contributed by atoms with E-state index in [1.165, 1.54) is 38.6 Å². The maximum Gasteiger partial charge on any atom is 0.0615 e. The summed E-state index contributed by atoms with van der Waals surface area (Å²) < 4.78 is 5.29. The van der Waals surface area contributed by atoms with Gasteiger partial charge in [-0.15, -0.1) is 0 Å². The molecule has 1 N–H and O–H groups in total. The number of aliphatic hydroxyl groups excluding tert-OH is 1. The average molecular weight is 241 g/mol. The van der Waals surface area contributed by atoms with Crippen molar-refractivity contribution in [3.8, 4) is 0 Å². The Hall–Kier alpha value is -0.120. The van der Waals surface area contributed by atoms with Gasteiger partial charge in [0, 0.05) is 25.1 Å². The molecule has 0 radical (unpaired) electrons. The Kier molecular flexibility index (Phi) is 4.83. The molecule has 0 aromatic heterocycles. The topological polar surface area (TPSA) is 32.7 Å². The first-order valence-corrected chi connectivity index (χ1v) is 7.16. The van der Waals surface area contributed by atoms with Crippen molar-refractivity contribution in [3.63, 3.8) is 0 Å². The van der Waals surface area contributed by atoms with Crippen molar-refractivity contribution in [1.29, 1.82) is 0 Å².